The van der Waals surface area contributed by atoms with Crippen LogP contribution in [0, 0.1) is 0 Å². The number of aliphatic carboxylic acids is 1. The lowest BCUT2D eigenvalue weighted by atomic mass is 10.1. The fourth-order valence-electron chi connectivity index (χ4n) is 2.06. The molecule has 1 aromatic rings. The van der Waals surface area contributed by atoms with Gasteiger partial charge in [0.15, 0.2) is 9.84 Å². The number of nitrogens with one attached hydrogen (secondary N) is 1. The number of carbonyl (C=O) groups is 2. The van der Waals surface area contributed by atoms with Crippen LogP contribution in [0.2, 0.25) is 0 Å². The van der Waals surface area contributed by atoms with Crippen molar-refractivity contribution in [2.75, 3.05) is 12.3 Å². The number of unbranched alkanes of at least 4 members (excludes halogenated alkanes) is 3. The first-order valence-corrected chi connectivity index (χ1v) is 9.35. The number of benzene rings is 1. The van der Waals surface area contributed by atoms with Crippen LogP contribution < -0.4 is 5.32 Å². The van der Waals surface area contributed by atoms with E-state index in [4.69, 9.17) is 5.11 Å². The number of amides is 1. The maximum absolute atomic E-state index is 12.0. The fraction of sp³-hybridized carbons (Fsp3) is 0.500. The van der Waals surface area contributed by atoms with Crippen molar-refractivity contribution in [2.45, 2.75) is 43.9 Å². The lowest BCUT2D eigenvalue weighted by Crippen LogP contribution is -2.24. The van der Waals surface area contributed by atoms with Crippen molar-refractivity contribution in [2.24, 2.45) is 0 Å². The Bertz CT molecular complexity index is 640. The Balaban J connectivity index is 2.41. The topological polar surface area (TPSA) is 101 Å². The smallest absolute Gasteiger partial charge is 0.303 e. The van der Waals surface area contributed by atoms with Gasteiger partial charge >= 0.3 is 5.97 Å². The predicted octanol–water partition coefficient (Wildman–Crippen LogP) is 2.25. The summed E-state index contributed by atoms with van der Waals surface area (Å²) in [5.41, 5.74) is 0.324. The Morgan fingerprint density at radius 3 is 2.48 bits per heavy atom. The monoisotopic (exact) mass is 341 g/mol. The molecule has 0 atom stereocenters. The normalized spacial score (nSPS) is 11.2. The zero-order valence-electron chi connectivity index (χ0n) is 13.2. The first kappa shape index (κ1) is 19.2. The molecule has 0 spiro atoms. The molecular weight excluding hydrogens is 318 g/mol. The molecule has 0 heterocycles. The van der Waals surface area contributed by atoms with Crippen molar-refractivity contribution in [3.8, 4) is 0 Å². The van der Waals surface area contributed by atoms with E-state index in [0.717, 1.165) is 19.3 Å². The third-order valence-corrected chi connectivity index (χ3v) is 5.17. The molecule has 6 nitrogen and oxygen atoms in total. The number of carboxylic acids is 1. The van der Waals surface area contributed by atoms with E-state index in [1.165, 1.54) is 12.1 Å². The summed E-state index contributed by atoms with van der Waals surface area (Å²) in [5.74, 6) is -1.10. The van der Waals surface area contributed by atoms with Crippen LogP contribution in [0.25, 0.3) is 0 Å². The lowest BCUT2D eigenvalue weighted by Gasteiger charge is -2.07. The van der Waals surface area contributed by atoms with Gasteiger partial charge in [0.1, 0.15) is 0 Å². The van der Waals surface area contributed by atoms with Gasteiger partial charge in [0, 0.05) is 18.5 Å². The van der Waals surface area contributed by atoms with Gasteiger partial charge in [-0.15, -0.1) is 0 Å². The van der Waals surface area contributed by atoms with Gasteiger partial charge in [-0.25, -0.2) is 8.42 Å². The van der Waals surface area contributed by atoms with Gasteiger partial charge < -0.3 is 10.4 Å². The summed E-state index contributed by atoms with van der Waals surface area (Å²) < 4.78 is 23.6. The van der Waals surface area contributed by atoms with Crippen LogP contribution in [-0.4, -0.2) is 37.7 Å². The Labute approximate surface area is 136 Å². The van der Waals surface area contributed by atoms with E-state index in [1.807, 2.05) is 0 Å². The molecule has 0 aliphatic heterocycles. The van der Waals surface area contributed by atoms with Crippen molar-refractivity contribution in [1.29, 1.82) is 0 Å². The minimum Gasteiger partial charge on any atom is -0.481 e. The maximum atomic E-state index is 12.0. The summed E-state index contributed by atoms with van der Waals surface area (Å²) in [5, 5.41) is 11.3. The van der Waals surface area contributed by atoms with Crippen LogP contribution in [0.1, 0.15) is 49.4 Å². The highest BCUT2D eigenvalue weighted by atomic mass is 32.2. The summed E-state index contributed by atoms with van der Waals surface area (Å²) in [4.78, 5) is 22.5. The number of carboxylic acid groups (broad SMARTS) is 1. The van der Waals surface area contributed by atoms with E-state index >= 15 is 0 Å². The second kappa shape index (κ2) is 9.29. The van der Waals surface area contributed by atoms with E-state index in [9.17, 15) is 18.0 Å². The standard InChI is InChI=1S/C16H23NO5S/c1-2-23(21,22)14-9-7-8-13(12-14)16(20)17-11-6-4-3-5-10-15(18)19/h7-9,12H,2-6,10-11H2,1H3,(H,17,20)(H,18,19). The highest BCUT2D eigenvalue weighted by Gasteiger charge is 2.14. The molecule has 0 aliphatic rings. The molecular formula is C16H23NO5S. The lowest BCUT2D eigenvalue weighted by molar-refractivity contribution is -0.137. The molecule has 0 saturated carbocycles. The molecule has 2 N–H and O–H groups in total. The number of hydrogen-bond donors (Lipinski definition) is 2. The summed E-state index contributed by atoms with van der Waals surface area (Å²) in [6.07, 6.45) is 3.23. The molecule has 0 radical (unpaired) electrons. The number of rotatable bonds is 10. The first-order valence-electron chi connectivity index (χ1n) is 7.69. The van der Waals surface area contributed by atoms with Gasteiger partial charge in [0.05, 0.1) is 10.6 Å². The van der Waals surface area contributed by atoms with Gasteiger partial charge in [-0.1, -0.05) is 25.8 Å². The Kier molecular flexibility index (Phi) is 7.74. The molecule has 128 valence electrons. The fourth-order valence-corrected chi connectivity index (χ4v) is 2.98. The quantitative estimate of drug-likeness (QED) is 0.636. The van der Waals surface area contributed by atoms with E-state index in [2.05, 4.69) is 5.32 Å². The van der Waals surface area contributed by atoms with Crippen molar-refractivity contribution < 1.29 is 23.1 Å². The largest absolute Gasteiger partial charge is 0.481 e. The average Bonchev–Trinajstić information content (AvgIpc) is 2.53. The predicted molar refractivity (Wildman–Crippen MR) is 87.2 cm³/mol. The van der Waals surface area contributed by atoms with Crippen LogP contribution in [-0.2, 0) is 14.6 Å². The van der Waals surface area contributed by atoms with Crippen LogP contribution in [0.5, 0.6) is 0 Å². The second-order valence-corrected chi connectivity index (χ2v) is 7.52. The Morgan fingerprint density at radius 2 is 1.83 bits per heavy atom. The van der Waals surface area contributed by atoms with Crippen molar-refractivity contribution in [3.63, 3.8) is 0 Å². The van der Waals surface area contributed by atoms with Gasteiger partial charge in [-0.3, -0.25) is 9.59 Å². The molecule has 0 fully saturated rings. The molecule has 7 heteroatoms. The second-order valence-electron chi connectivity index (χ2n) is 5.25. The molecule has 1 aromatic carbocycles. The molecule has 0 aromatic heterocycles. The van der Waals surface area contributed by atoms with Crippen LogP contribution >= 0.6 is 0 Å². The maximum Gasteiger partial charge on any atom is 0.303 e. The van der Waals surface area contributed by atoms with Crippen LogP contribution in [0.15, 0.2) is 29.2 Å². The SMILES string of the molecule is CCS(=O)(=O)c1cccc(C(=O)NCCCCCCC(=O)O)c1. The van der Waals surface area contributed by atoms with Crippen molar-refractivity contribution in [3.05, 3.63) is 29.8 Å². The number of sulfone groups is 1. The summed E-state index contributed by atoms with van der Waals surface area (Å²) >= 11 is 0. The highest BCUT2D eigenvalue weighted by Crippen LogP contribution is 2.13. The van der Waals surface area contributed by atoms with Crippen LogP contribution in [0.4, 0.5) is 0 Å². The molecule has 0 aliphatic carbocycles. The van der Waals surface area contributed by atoms with Crippen molar-refractivity contribution >= 4 is 21.7 Å². The Hall–Kier alpha value is -1.89. The minimum absolute atomic E-state index is 0.00554. The number of carbonyl (C=O) groups excluding carboxylic acids is 1. The zero-order valence-corrected chi connectivity index (χ0v) is 14.1. The van der Waals surface area contributed by atoms with Gasteiger partial charge in [0.25, 0.3) is 5.91 Å². The first-order chi connectivity index (χ1) is 10.9. The van der Waals surface area contributed by atoms with Gasteiger partial charge in [0.2, 0.25) is 0 Å². The van der Waals surface area contributed by atoms with E-state index < -0.39 is 15.8 Å². The average molecular weight is 341 g/mol. The van der Waals surface area contributed by atoms with E-state index in [0.29, 0.717) is 18.5 Å². The van der Waals surface area contributed by atoms with E-state index in [1.54, 1.807) is 19.1 Å². The highest BCUT2D eigenvalue weighted by molar-refractivity contribution is 7.91. The third-order valence-electron chi connectivity index (χ3n) is 3.44. The van der Waals surface area contributed by atoms with E-state index in [-0.39, 0.29) is 23.0 Å². The van der Waals surface area contributed by atoms with Gasteiger partial charge in [-0.2, -0.15) is 0 Å². The molecule has 0 saturated heterocycles. The number of hydrogen-bond acceptors (Lipinski definition) is 4. The van der Waals surface area contributed by atoms with Crippen molar-refractivity contribution in [1.82, 2.24) is 5.32 Å². The minimum atomic E-state index is -3.32. The molecule has 1 rings (SSSR count). The summed E-state index contributed by atoms with van der Waals surface area (Å²) in [7, 11) is -3.32. The third kappa shape index (κ3) is 6.81. The zero-order chi connectivity index (χ0) is 17.3. The van der Waals surface area contributed by atoms with Gasteiger partial charge in [-0.05, 0) is 31.0 Å². The molecule has 1 amide bonds. The molecule has 23 heavy (non-hydrogen) atoms. The summed E-state index contributed by atoms with van der Waals surface area (Å²) in [6, 6.07) is 6.01. The summed E-state index contributed by atoms with van der Waals surface area (Å²) in [6.45, 7) is 2.04. The van der Waals surface area contributed by atoms with Crippen LogP contribution in [0.3, 0.4) is 0 Å². The molecule has 0 unspecified atom stereocenters. The Morgan fingerprint density at radius 1 is 1.13 bits per heavy atom. The molecule has 0 bridgehead atoms.